The van der Waals surface area contributed by atoms with Crippen molar-refractivity contribution >= 4 is 28.3 Å². The summed E-state index contributed by atoms with van der Waals surface area (Å²) < 4.78 is 0. The number of aryl methyl sites for hydroxylation is 1. The molecule has 116 valence electrons. The number of hydrogen-bond acceptors (Lipinski definition) is 2. The minimum atomic E-state index is -0.0559. The minimum absolute atomic E-state index is 0.0478. The monoisotopic (exact) mass is 305 g/mol. The first-order valence-electron chi connectivity index (χ1n) is 8.53. The molecule has 1 saturated heterocycles. The first-order valence-corrected chi connectivity index (χ1v) is 8.53. The lowest BCUT2D eigenvalue weighted by molar-refractivity contribution is -0.123. The third-order valence-corrected chi connectivity index (χ3v) is 6.25. The highest BCUT2D eigenvalue weighted by Crippen LogP contribution is 2.57. The summed E-state index contributed by atoms with van der Waals surface area (Å²) in [5, 5.41) is 2.08. The number of hydrogen-bond donors (Lipinski definition) is 0. The second kappa shape index (κ2) is 4.44. The maximum atomic E-state index is 13.1. The SMILES string of the molecule is Cc1ccc2ccccc2c1N1C(=O)[C@@H]2[C@@H]3CC[C@@H](C3)[C@@H]2C1=O. The van der Waals surface area contributed by atoms with Gasteiger partial charge in [0.1, 0.15) is 0 Å². The Hall–Kier alpha value is -2.16. The van der Waals surface area contributed by atoms with Crippen LogP contribution in [-0.4, -0.2) is 11.8 Å². The van der Waals surface area contributed by atoms with Crippen LogP contribution >= 0.6 is 0 Å². The Morgan fingerprint density at radius 1 is 0.913 bits per heavy atom. The predicted octanol–water partition coefficient (Wildman–Crippen LogP) is 3.68. The van der Waals surface area contributed by atoms with Gasteiger partial charge in [-0.15, -0.1) is 0 Å². The lowest BCUT2D eigenvalue weighted by atomic mass is 9.81. The number of carbonyl (C=O) groups excluding carboxylic acids is 2. The normalized spacial score (nSPS) is 32.1. The van der Waals surface area contributed by atoms with E-state index in [9.17, 15) is 9.59 Å². The van der Waals surface area contributed by atoms with Crippen LogP contribution in [0.2, 0.25) is 0 Å². The number of benzene rings is 2. The fourth-order valence-corrected chi connectivity index (χ4v) is 5.29. The van der Waals surface area contributed by atoms with Gasteiger partial charge in [0.25, 0.3) is 0 Å². The van der Waals surface area contributed by atoms with Gasteiger partial charge in [0.05, 0.1) is 17.5 Å². The summed E-state index contributed by atoms with van der Waals surface area (Å²) in [6, 6.07) is 12.1. The number of rotatable bonds is 1. The van der Waals surface area contributed by atoms with Crippen molar-refractivity contribution in [1.82, 2.24) is 0 Å². The Kier molecular flexibility index (Phi) is 2.56. The van der Waals surface area contributed by atoms with Crippen molar-refractivity contribution < 1.29 is 9.59 Å². The number of anilines is 1. The molecule has 0 unspecified atom stereocenters. The number of amides is 2. The van der Waals surface area contributed by atoms with Gasteiger partial charge >= 0.3 is 0 Å². The largest absolute Gasteiger partial charge is 0.274 e. The lowest BCUT2D eigenvalue weighted by Crippen LogP contribution is -2.33. The van der Waals surface area contributed by atoms with Crippen LogP contribution in [0.4, 0.5) is 5.69 Å². The van der Waals surface area contributed by atoms with Gasteiger partial charge in [0.15, 0.2) is 0 Å². The summed E-state index contributed by atoms with van der Waals surface area (Å²) in [6.45, 7) is 1.99. The van der Waals surface area contributed by atoms with Crippen molar-refractivity contribution in [3.8, 4) is 0 Å². The number of carbonyl (C=O) groups is 2. The molecule has 1 aliphatic heterocycles. The highest BCUT2D eigenvalue weighted by Gasteiger charge is 2.61. The molecule has 4 atom stereocenters. The van der Waals surface area contributed by atoms with Gasteiger partial charge in [-0.3, -0.25) is 9.59 Å². The van der Waals surface area contributed by atoms with Crippen LogP contribution in [0.15, 0.2) is 36.4 Å². The van der Waals surface area contributed by atoms with E-state index in [1.165, 1.54) is 4.90 Å². The van der Waals surface area contributed by atoms with Gasteiger partial charge < -0.3 is 0 Å². The van der Waals surface area contributed by atoms with Gasteiger partial charge in [-0.25, -0.2) is 4.90 Å². The summed E-state index contributed by atoms with van der Waals surface area (Å²) in [5.74, 6) is 0.848. The van der Waals surface area contributed by atoms with Crippen molar-refractivity contribution in [2.75, 3.05) is 4.90 Å². The van der Waals surface area contributed by atoms with Gasteiger partial charge in [-0.05, 0) is 49.0 Å². The van der Waals surface area contributed by atoms with Crippen LogP contribution in [0.25, 0.3) is 10.8 Å². The summed E-state index contributed by atoms with van der Waals surface area (Å²) in [4.78, 5) is 27.7. The first kappa shape index (κ1) is 13.3. The van der Waals surface area contributed by atoms with Gasteiger partial charge in [-0.1, -0.05) is 36.4 Å². The number of fused-ring (bicyclic) bond motifs is 6. The molecular formula is C20H19NO2. The average Bonchev–Trinajstić information content (AvgIpc) is 3.23. The number of nitrogens with zero attached hydrogens (tertiary/aromatic N) is 1. The maximum absolute atomic E-state index is 13.1. The summed E-state index contributed by atoms with van der Waals surface area (Å²) >= 11 is 0. The molecule has 5 rings (SSSR count). The molecule has 0 aromatic heterocycles. The van der Waals surface area contributed by atoms with Crippen molar-refractivity contribution in [1.29, 1.82) is 0 Å². The molecule has 2 aromatic carbocycles. The van der Waals surface area contributed by atoms with E-state index in [1.54, 1.807) is 0 Å². The van der Waals surface area contributed by atoms with Crippen LogP contribution in [0, 0.1) is 30.6 Å². The van der Waals surface area contributed by atoms with Crippen LogP contribution < -0.4 is 4.90 Å². The third kappa shape index (κ3) is 1.60. The molecule has 0 radical (unpaired) electrons. The maximum Gasteiger partial charge on any atom is 0.238 e. The van der Waals surface area contributed by atoms with Crippen molar-refractivity contribution in [2.24, 2.45) is 23.7 Å². The standard InChI is InChI=1S/C20H19NO2/c1-11-6-7-12-4-2-3-5-15(12)18(11)21-19(22)16-13-8-9-14(10-13)17(16)20(21)23/h2-7,13-14,16-17H,8-10H2,1H3/t13-,14+,16-,17+. The van der Waals surface area contributed by atoms with E-state index >= 15 is 0 Å². The Morgan fingerprint density at radius 2 is 1.57 bits per heavy atom. The van der Waals surface area contributed by atoms with E-state index < -0.39 is 0 Å². The zero-order valence-corrected chi connectivity index (χ0v) is 13.2. The summed E-state index contributed by atoms with van der Waals surface area (Å²) in [7, 11) is 0. The lowest BCUT2D eigenvalue weighted by Gasteiger charge is -2.21. The van der Waals surface area contributed by atoms with E-state index in [-0.39, 0.29) is 23.7 Å². The van der Waals surface area contributed by atoms with Crippen LogP contribution in [0.3, 0.4) is 0 Å². The molecule has 2 amide bonds. The smallest absolute Gasteiger partial charge is 0.238 e. The van der Waals surface area contributed by atoms with E-state index in [1.807, 2.05) is 37.3 Å². The second-order valence-corrected chi connectivity index (χ2v) is 7.35. The van der Waals surface area contributed by atoms with E-state index in [0.29, 0.717) is 11.8 Å². The minimum Gasteiger partial charge on any atom is -0.274 e. The topological polar surface area (TPSA) is 37.4 Å². The zero-order chi connectivity index (χ0) is 15.7. The fraction of sp³-hybridized carbons (Fsp3) is 0.400. The molecule has 3 aliphatic rings. The molecule has 3 heteroatoms. The molecule has 3 nitrogen and oxygen atoms in total. The Balaban J connectivity index is 1.70. The first-order chi connectivity index (χ1) is 11.2. The van der Waals surface area contributed by atoms with Crippen LogP contribution in [0.1, 0.15) is 24.8 Å². The van der Waals surface area contributed by atoms with Crippen LogP contribution in [0.5, 0.6) is 0 Å². The fourth-order valence-electron chi connectivity index (χ4n) is 5.29. The van der Waals surface area contributed by atoms with Gasteiger partial charge in [0.2, 0.25) is 11.8 Å². The molecule has 2 saturated carbocycles. The average molecular weight is 305 g/mol. The Morgan fingerprint density at radius 3 is 2.26 bits per heavy atom. The highest BCUT2D eigenvalue weighted by molar-refractivity contribution is 6.25. The molecule has 0 N–H and O–H groups in total. The third-order valence-electron chi connectivity index (χ3n) is 6.25. The van der Waals surface area contributed by atoms with Crippen molar-refractivity contribution in [3.05, 3.63) is 42.0 Å². The molecule has 2 aromatic rings. The predicted molar refractivity (Wildman–Crippen MR) is 89.0 cm³/mol. The molecule has 0 spiro atoms. The molecular weight excluding hydrogens is 286 g/mol. The summed E-state index contributed by atoms with van der Waals surface area (Å²) in [5.41, 5.74) is 1.81. The molecule has 23 heavy (non-hydrogen) atoms. The van der Waals surface area contributed by atoms with E-state index in [0.717, 1.165) is 41.3 Å². The second-order valence-electron chi connectivity index (χ2n) is 7.35. The Labute approximate surface area is 135 Å². The van der Waals surface area contributed by atoms with E-state index in [4.69, 9.17) is 0 Å². The number of imide groups is 1. The van der Waals surface area contributed by atoms with Gasteiger partial charge in [-0.2, -0.15) is 0 Å². The highest BCUT2D eigenvalue weighted by atomic mass is 16.2. The summed E-state index contributed by atoms with van der Waals surface area (Å²) in [6.07, 6.45) is 3.32. The van der Waals surface area contributed by atoms with Crippen molar-refractivity contribution in [2.45, 2.75) is 26.2 Å². The van der Waals surface area contributed by atoms with Gasteiger partial charge in [0, 0.05) is 5.39 Å². The molecule has 2 aliphatic carbocycles. The Bertz CT molecular complexity index is 828. The van der Waals surface area contributed by atoms with Crippen molar-refractivity contribution in [3.63, 3.8) is 0 Å². The van der Waals surface area contributed by atoms with E-state index in [2.05, 4.69) is 6.07 Å². The zero-order valence-electron chi connectivity index (χ0n) is 13.2. The quantitative estimate of drug-likeness (QED) is 0.754. The molecule has 3 fully saturated rings. The van der Waals surface area contributed by atoms with Crippen LogP contribution in [-0.2, 0) is 9.59 Å². The molecule has 2 bridgehead atoms. The molecule has 1 heterocycles.